The summed E-state index contributed by atoms with van der Waals surface area (Å²) in [7, 11) is 0. The van der Waals surface area contributed by atoms with E-state index in [0.717, 1.165) is 31.8 Å². The molecule has 0 heterocycles. The van der Waals surface area contributed by atoms with E-state index in [2.05, 4.69) is 30.3 Å². The van der Waals surface area contributed by atoms with E-state index in [0.29, 0.717) is 5.92 Å². The maximum absolute atomic E-state index is 10.1. The molecule has 0 spiro atoms. The molecule has 2 aliphatic rings. The van der Waals surface area contributed by atoms with Gasteiger partial charge in [0.1, 0.15) is 0 Å². The Morgan fingerprint density at radius 2 is 1.84 bits per heavy atom. The lowest BCUT2D eigenvalue weighted by Gasteiger charge is -2.33. The first-order valence-electron chi connectivity index (χ1n) is 7.67. The largest absolute Gasteiger partial charge is 0.390 e. The van der Waals surface area contributed by atoms with Crippen LogP contribution in [-0.2, 0) is 4.74 Å². The van der Waals surface area contributed by atoms with Crippen molar-refractivity contribution in [2.24, 2.45) is 5.92 Å². The highest BCUT2D eigenvalue weighted by molar-refractivity contribution is 5.20. The van der Waals surface area contributed by atoms with Gasteiger partial charge in [-0.05, 0) is 43.1 Å². The molecule has 2 nitrogen and oxygen atoms in total. The molecule has 1 aromatic carbocycles. The van der Waals surface area contributed by atoms with Crippen LogP contribution in [0.4, 0.5) is 0 Å². The Hall–Kier alpha value is -0.860. The zero-order chi connectivity index (χ0) is 13.1. The molecule has 19 heavy (non-hydrogen) atoms. The van der Waals surface area contributed by atoms with E-state index in [1.807, 2.05) is 0 Å². The number of rotatable bonds is 5. The summed E-state index contributed by atoms with van der Waals surface area (Å²) in [6, 6.07) is 10.7. The van der Waals surface area contributed by atoms with Crippen molar-refractivity contribution in [1.29, 1.82) is 0 Å². The molecular formula is C17H24O2. The Kier molecular flexibility index (Phi) is 4.19. The molecule has 104 valence electrons. The smallest absolute Gasteiger partial charge is 0.0839 e. The molecular weight excluding hydrogens is 236 g/mol. The van der Waals surface area contributed by atoms with Gasteiger partial charge in [0.2, 0.25) is 0 Å². The van der Waals surface area contributed by atoms with E-state index in [9.17, 15) is 5.11 Å². The Morgan fingerprint density at radius 3 is 2.58 bits per heavy atom. The average molecular weight is 260 g/mol. The van der Waals surface area contributed by atoms with Gasteiger partial charge in [-0.2, -0.15) is 0 Å². The molecule has 0 radical (unpaired) electrons. The van der Waals surface area contributed by atoms with Gasteiger partial charge in [-0.1, -0.05) is 43.2 Å². The second-order valence-electron chi connectivity index (χ2n) is 6.13. The Bertz CT molecular complexity index is 386. The molecule has 1 N–H and O–H groups in total. The zero-order valence-electron chi connectivity index (χ0n) is 11.5. The van der Waals surface area contributed by atoms with Crippen molar-refractivity contribution in [3.05, 3.63) is 35.9 Å². The summed E-state index contributed by atoms with van der Waals surface area (Å²) < 4.78 is 5.95. The van der Waals surface area contributed by atoms with Crippen LogP contribution in [-0.4, -0.2) is 23.9 Å². The molecule has 0 bridgehead atoms. The highest BCUT2D eigenvalue weighted by Crippen LogP contribution is 2.36. The summed E-state index contributed by atoms with van der Waals surface area (Å²) in [4.78, 5) is 0. The van der Waals surface area contributed by atoms with Gasteiger partial charge in [-0.3, -0.25) is 0 Å². The fourth-order valence-corrected chi connectivity index (χ4v) is 3.11. The number of ether oxygens (including phenoxy) is 1. The van der Waals surface area contributed by atoms with Crippen LogP contribution >= 0.6 is 0 Å². The Morgan fingerprint density at radius 1 is 1.05 bits per heavy atom. The number of aliphatic hydroxyl groups is 1. The van der Waals surface area contributed by atoms with E-state index in [1.165, 1.54) is 24.8 Å². The van der Waals surface area contributed by atoms with E-state index in [1.54, 1.807) is 0 Å². The third-order valence-corrected chi connectivity index (χ3v) is 4.58. The molecule has 0 aliphatic heterocycles. The van der Waals surface area contributed by atoms with Crippen LogP contribution in [0.1, 0.15) is 50.0 Å². The monoisotopic (exact) mass is 260 g/mol. The Labute approximate surface area is 115 Å². The maximum Gasteiger partial charge on any atom is 0.0839 e. The van der Waals surface area contributed by atoms with Crippen molar-refractivity contribution in [3.63, 3.8) is 0 Å². The summed E-state index contributed by atoms with van der Waals surface area (Å²) in [6.07, 6.45) is 6.62. The van der Waals surface area contributed by atoms with Crippen molar-refractivity contribution < 1.29 is 9.84 Å². The maximum atomic E-state index is 10.1. The highest BCUT2D eigenvalue weighted by atomic mass is 16.5. The molecule has 0 aromatic heterocycles. The first-order chi connectivity index (χ1) is 9.33. The fraction of sp³-hybridized carbons (Fsp3) is 0.647. The average Bonchev–Trinajstić information content (AvgIpc) is 3.26. The van der Waals surface area contributed by atoms with Crippen molar-refractivity contribution in [2.75, 3.05) is 6.61 Å². The van der Waals surface area contributed by atoms with E-state index in [4.69, 9.17) is 4.74 Å². The van der Waals surface area contributed by atoms with Crippen molar-refractivity contribution in [1.82, 2.24) is 0 Å². The minimum absolute atomic E-state index is 0.0395. The molecule has 2 heteroatoms. The summed E-state index contributed by atoms with van der Waals surface area (Å²) in [6.45, 7) is 0.827. The van der Waals surface area contributed by atoms with Gasteiger partial charge in [0, 0.05) is 6.61 Å². The first-order valence-corrected chi connectivity index (χ1v) is 7.67. The van der Waals surface area contributed by atoms with Gasteiger partial charge in [-0.15, -0.1) is 0 Å². The van der Waals surface area contributed by atoms with E-state index in [-0.39, 0.29) is 12.2 Å². The first kappa shape index (κ1) is 13.1. The fourth-order valence-electron chi connectivity index (χ4n) is 3.11. The molecule has 1 aromatic rings. The van der Waals surface area contributed by atoms with E-state index >= 15 is 0 Å². The third kappa shape index (κ3) is 3.58. The van der Waals surface area contributed by atoms with Gasteiger partial charge >= 0.3 is 0 Å². The number of hydrogen-bond acceptors (Lipinski definition) is 2. The third-order valence-electron chi connectivity index (χ3n) is 4.58. The van der Waals surface area contributed by atoms with Crippen molar-refractivity contribution >= 4 is 0 Å². The lowest BCUT2D eigenvalue weighted by molar-refractivity contribution is -0.0647. The number of aliphatic hydroxyl groups excluding tert-OH is 1. The van der Waals surface area contributed by atoms with Crippen LogP contribution in [0.2, 0.25) is 0 Å². The van der Waals surface area contributed by atoms with Crippen LogP contribution in [0.25, 0.3) is 0 Å². The number of benzene rings is 1. The lowest BCUT2D eigenvalue weighted by Crippen LogP contribution is -2.35. The second-order valence-corrected chi connectivity index (χ2v) is 6.13. The standard InChI is InChI=1S/C17H24O2/c18-16-9-8-15(14-4-2-1-3-5-14)12-17(16)19-11-10-13-6-7-13/h1-5,13,15-18H,6-12H2. The lowest BCUT2D eigenvalue weighted by atomic mass is 9.81. The molecule has 3 unspecified atom stereocenters. The molecule has 0 saturated heterocycles. The van der Waals surface area contributed by atoms with Crippen LogP contribution in [0.5, 0.6) is 0 Å². The highest BCUT2D eigenvalue weighted by Gasteiger charge is 2.31. The zero-order valence-corrected chi connectivity index (χ0v) is 11.5. The minimum Gasteiger partial charge on any atom is -0.390 e. The van der Waals surface area contributed by atoms with Crippen LogP contribution < -0.4 is 0 Å². The predicted molar refractivity (Wildman–Crippen MR) is 76.1 cm³/mol. The SMILES string of the molecule is OC1CCC(c2ccccc2)CC1OCCC1CC1. The summed E-state index contributed by atoms with van der Waals surface area (Å²) in [5, 5.41) is 10.1. The second kappa shape index (κ2) is 6.06. The minimum atomic E-state index is -0.265. The molecule has 2 aliphatic carbocycles. The number of hydrogen-bond donors (Lipinski definition) is 1. The predicted octanol–water partition coefficient (Wildman–Crippen LogP) is 3.50. The van der Waals surface area contributed by atoms with Crippen LogP contribution in [0.3, 0.4) is 0 Å². The van der Waals surface area contributed by atoms with Gasteiger partial charge < -0.3 is 9.84 Å². The quantitative estimate of drug-likeness (QED) is 0.878. The van der Waals surface area contributed by atoms with Gasteiger partial charge in [0.15, 0.2) is 0 Å². The van der Waals surface area contributed by atoms with Crippen LogP contribution in [0.15, 0.2) is 30.3 Å². The summed E-state index contributed by atoms with van der Waals surface area (Å²) in [5.41, 5.74) is 1.39. The molecule has 2 fully saturated rings. The molecule has 3 rings (SSSR count). The summed E-state index contributed by atoms with van der Waals surface area (Å²) in [5.74, 6) is 1.46. The van der Waals surface area contributed by atoms with Gasteiger partial charge in [0.05, 0.1) is 12.2 Å². The Balaban J connectivity index is 1.53. The van der Waals surface area contributed by atoms with Crippen molar-refractivity contribution in [3.8, 4) is 0 Å². The molecule has 3 atom stereocenters. The van der Waals surface area contributed by atoms with E-state index < -0.39 is 0 Å². The van der Waals surface area contributed by atoms with Crippen molar-refractivity contribution in [2.45, 2.75) is 56.7 Å². The summed E-state index contributed by atoms with van der Waals surface area (Å²) >= 11 is 0. The topological polar surface area (TPSA) is 29.5 Å². The molecule has 2 saturated carbocycles. The van der Waals surface area contributed by atoms with Gasteiger partial charge in [0.25, 0.3) is 0 Å². The van der Waals surface area contributed by atoms with Crippen LogP contribution in [0, 0.1) is 5.92 Å². The van der Waals surface area contributed by atoms with Gasteiger partial charge in [-0.25, -0.2) is 0 Å². The normalized spacial score (nSPS) is 31.3. The molecule has 0 amide bonds.